The van der Waals surface area contributed by atoms with Crippen LogP contribution in [-0.4, -0.2) is 50.5 Å². The fraction of sp³-hybridized carbons (Fsp3) is 0.462. The van der Waals surface area contributed by atoms with E-state index >= 15 is 0 Å². The molecular formula is C26H36ClN3O4S. The molecule has 2 rings (SSSR count). The average molecular weight is 522 g/mol. The van der Waals surface area contributed by atoms with Gasteiger partial charge in [-0.25, -0.2) is 8.42 Å². The maximum absolute atomic E-state index is 13.3. The van der Waals surface area contributed by atoms with Gasteiger partial charge in [0.25, 0.3) is 0 Å². The molecule has 1 N–H and O–H groups in total. The van der Waals surface area contributed by atoms with Gasteiger partial charge in [-0.2, -0.15) is 0 Å². The highest BCUT2D eigenvalue weighted by Gasteiger charge is 2.27. The number of carbonyl (C=O) groups is 2. The molecule has 7 nitrogen and oxygen atoms in total. The number of carbonyl (C=O) groups excluding carboxylic acids is 2. The second-order valence-corrected chi connectivity index (χ2v) is 11.5. The minimum Gasteiger partial charge on any atom is -0.354 e. The van der Waals surface area contributed by atoms with Crippen molar-refractivity contribution in [3.05, 3.63) is 64.7 Å². The summed E-state index contributed by atoms with van der Waals surface area (Å²) in [5.74, 6) is -0.131. The lowest BCUT2D eigenvalue weighted by atomic mass is 10.1. The van der Waals surface area contributed by atoms with Crippen molar-refractivity contribution in [3.63, 3.8) is 0 Å². The molecule has 2 aromatic rings. The zero-order valence-electron chi connectivity index (χ0n) is 21.1. The number of aryl methyl sites for hydroxylation is 1. The van der Waals surface area contributed by atoms with E-state index in [1.54, 1.807) is 30.0 Å². The van der Waals surface area contributed by atoms with Crippen LogP contribution in [0.15, 0.2) is 48.5 Å². The van der Waals surface area contributed by atoms with E-state index in [9.17, 15) is 18.0 Å². The summed E-state index contributed by atoms with van der Waals surface area (Å²) in [5.41, 5.74) is 2.18. The molecule has 0 saturated carbocycles. The molecule has 35 heavy (non-hydrogen) atoms. The molecule has 9 heteroatoms. The number of anilines is 1. The van der Waals surface area contributed by atoms with Crippen LogP contribution in [0.4, 0.5) is 5.69 Å². The first-order chi connectivity index (χ1) is 16.4. The average Bonchev–Trinajstić information content (AvgIpc) is 2.79. The molecule has 0 spiro atoms. The molecule has 0 radical (unpaired) electrons. The zero-order chi connectivity index (χ0) is 26.2. The minimum absolute atomic E-state index is 0.0975. The Balaban J connectivity index is 2.16. The summed E-state index contributed by atoms with van der Waals surface area (Å²) in [7, 11) is -3.58. The van der Waals surface area contributed by atoms with Crippen LogP contribution in [0, 0.1) is 12.8 Å². The third-order valence-corrected chi connectivity index (χ3v) is 7.05. The van der Waals surface area contributed by atoms with Crippen LogP contribution in [0.5, 0.6) is 0 Å². The number of amides is 2. The molecule has 2 amide bonds. The SMILES string of the molecule is Cc1ccc(Cl)cc1N(CCCC(=O)N(Cc1ccccc1)[C@@H](C)C(=O)NCC(C)C)S(C)(=O)=O. The van der Waals surface area contributed by atoms with E-state index in [1.165, 1.54) is 4.31 Å². The Bertz CT molecular complexity index is 1110. The molecule has 2 aromatic carbocycles. The smallest absolute Gasteiger partial charge is 0.242 e. The highest BCUT2D eigenvalue weighted by Crippen LogP contribution is 2.27. The highest BCUT2D eigenvalue weighted by atomic mass is 35.5. The van der Waals surface area contributed by atoms with Crippen molar-refractivity contribution in [2.75, 3.05) is 23.7 Å². The number of rotatable bonds is 12. The molecule has 0 saturated heterocycles. The van der Waals surface area contributed by atoms with Gasteiger partial charge in [-0.05, 0) is 49.4 Å². The zero-order valence-corrected chi connectivity index (χ0v) is 22.7. The highest BCUT2D eigenvalue weighted by molar-refractivity contribution is 7.92. The van der Waals surface area contributed by atoms with Crippen molar-refractivity contribution in [3.8, 4) is 0 Å². The third-order valence-electron chi connectivity index (χ3n) is 5.64. The Hall–Kier alpha value is -2.58. The van der Waals surface area contributed by atoms with E-state index in [-0.39, 0.29) is 24.8 Å². The lowest BCUT2D eigenvalue weighted by Crippen LogP contribution is -2.48. The fourth-order valence-electron chi connectivity index (χ4n) is 3.65. The van der Waals surface area contributed by atoms with Crippen LogP contribution >= 0.6 is 11.6 Å². The number of benzene rings is 2. The maximum atomic E-state index is 13.3. The Morgan fingerprint density at radius 3 is 2.31 bits per heavy atom. The quantitative estimate of drug-likeness (QED) is 0.449. The first-order valence-corrected chi connectivity index (χ1v) is 14.0. The predicted molar refractivity (Wildman–Crippen MR) is 142 cm³/mol. The van der Waals surface area contributed by atoms with Crippen molar-refractivity contribution >= 4 is 39.1 Å². The van der Waals surface area contributed by atoms with E-state index in [0.717, 1.165) is 17.4 Å². The van der Waals surface area contributed by atoms with E-state index in [1.807, 2.05) is 51.1 Å². The molecule has 0 bridgehead atoms. The summed E-state index contributed by atoms with van der Waals surface area (Å²) >= 11 is 6.10. The summed E-state index contributed by atoms with van der Waals surface area (Å²) in [6.07, 6.45) is 1.53. The van der Waals surface area contributed by atoms with Gasteiger partial charge in [0.2, 0.25) is 21.8 Å². The van der Waals surface area contributed by atoms with E-state index in [0.29, 0.717) is 36.1 Å². The second-order valence-electron chi connectivity index (χ2n) is 9.19. The minimum atomic E-state index is -3.58. The second kappa shape index (κ2) is 12.9. The number of hydrogen-bond acceptors (Lipinski definition) is 4. The van der Waals surface area contributed by atoms with E-state index < -0.39 is 16.1 Å². The Morgan fingerprint density at radius 2 is 1.71 bits per heavy atom. The predicted octanol–water partition coefficient (Wildman–Crippen LogP) is 4.38. The standard InChI is InChI=1S/C26H36ClN3O4S/c1-19(2)17-28-26(32)21(4)29(18-22-10-7-6-8-11-22)25(31)12-9-15-30(35(5,33)34)24-16-23(27)14-13-20(24)3/h6-8,10-11,13-14,16,19,21H,9,12,15,17-18H2,1-5H3,(H,28,32)/t21-/m0/s1. The van der Waals surface area contributed by atoms with Gasteiger partial charge in [-0.1, -0.05) is 61.8 Å². The van der Waals surface area contributed by atoms with Crippen LogP contribution in [0.1, 0.15) is 44.7 Å². The van der Waals surface area contributed by atoms with Crippen molar-refractivity contribution in [2.24, 2.45) is 5.92 Å². The monoisotopic (exact) mass is 521 g/mol. The molecule has 0 aliphatic carbocycles. The van der Waals surface area contributed by atoms with Gasteiger partial charge in [0.1, 0.15) is 6.04 Å². The topological polar surface area (TPSA) is 86.8 Å². The lowest BCUT2D eigenvalue weighted by molar-refractivity contribution is -0.140. The molecule has 192 valence electrons. The molecular weight excluding hydrogens is 486 g/mol. The van der Waals surface area contributed by atoms with Crippen molar-refractivity contribution in [2.45, 2.75) is 53.1 Å². The summed E-state index contributed by atoms with van der Waals surface area (Å²) < 4.78 is 26.3. The number of sulfonamides is 1. The first kappa shape index (κ1) is 28.7. The Kier molecular flexibility index (Phi) is 10.6. The van der Waals surface area contributed by atoms with Crippen molar-refractivity contribution in [1.29, 1.82) is 0 Å². The molecule has 0 fully saturated rings. The fourth-order valence-corrected chi connectivity index (χ4v) is 4.83. The van der Waals surface area contributed by atoms with E-state index in [4.69, 9.17) is 11.6 Å². The normalized spacial score (nSPS) is 12.3. The van der Waals surface area contributed by atoms with Crippen LogP contribution in [0.3, 0.4) is 0 Å². The molecule has 0 aliphatic rings. The molecule has 0 aliphatic heterocycles. The van der Waals surface area contributed by atoms with Gasteiger partial charge in [-0.15, -0.1) is 0 Å². The largest absolute Gasteiger partial charge is 0.354 e. The van der Waals surface area contributed by atoms with Crippen LogP contribution in [0.2, 0.25) is 5.02 Å². The van der Waals surface area contributed by atoms with Gasteiger partial charge in [0.15, 0.2) is 0 Å². The van der Waals surface area contributed by atoms with Crippen LogP contribution < -0.4 is 9.62 Å². The number of nitrogens with one attached hydrogen (secondary N) is 1. The number of hydrogen-bond donors (Lipinski definition) is 1. The van der Waals surface area contributed by atoms with Crippen molar-refractivity contribution in [1.82, 2.24) is 10.2 Å². The van der Waals surface area contributed by atoms with Gasteiger partial charge < -0.3 is 10.2 Å². The summed E-state index contributed by atoms with van der Waals surface area (Å²) in [4.78, 5) is 27.6. The Morgan fingerprint density at radius 1 is 1.06 bits per heavy atom. The van der Waals surface area contributed by atoms with Crippen LogP contribution in [0.25, 0.3) is 0 Å². The molecule has 1 atom stereocenters. The van der Waals surface area contributed by atoms with E-state index in [2.05, 4.69) is 5.32 Å². The number of halogens is 1. The summed E-state index contributed by atoms with van der Waals surface area (Å²) in [6.45, 7) is 8.49. The van der Waals surface area contributed by atoms with Crippen LogP contribution in [-0.2, 0) is 26.2 Å². The molecule has 0 aromatic heterocycles. The molecule has 0 unspecified atom stereocenters. The Labute approximate surface area is 214 Å². The van der Waals surface area contributed by atoms with Gasteiger partial charge in [0, 0.05) is 31.1 Å². The summed E-state index contributed by atoms with van der Waals surface area (Å²) in [6, 6.07) is 13.9. The van der Waals surface area contributed by atoms with Gasteiger partial charge >= 0.3 is 0 Å². The first-order valence-electron chi connectivity index (χ1n) is 11.7. The number of nitrogens with zero attached hydrogens (tertiary/aromatic N) is 2. The molecule has 0 heterocycles. The van der Waals surface area contributed by atoms with Crippen molar-refractivity contribution < 1.29 is 18.0 Å². The summed E-state index contributed by atoms with van der Waals surface area (Å²) in [5, 5.41) is 3.33. The lowest BCUT2D eigenvalue weighted by Gasteiger charge is -2.30. The van der Waals surface area contributed by atoms with Gasteiger partial charge in [-0.3, -0.25) is 13.9 Å². The van der Waals surface area contributed by atoms with Gasteiger partial charge in [0.05, 0.1) is 11.9 Å². The maximum Gasteiger partial charge on any atom is 0.242 e. The third kappa shape index (κ3) is 8.85.